The Labute approximate surface area is 151 Å². The molecule has 0 atom stereocenters. The van der Waals surface area contributed by atoms with Gasteiger partial charge in [0.2, 0.25) is 0 Å². The normalized spacial score (nSPS) is 13.6. The molecule has 0 spiro atoms. The number of nitrogens with zero attached hydrogens (tertiary/aromatic N) is 2. The molecule has 2 heteroatoms. The molecular formula is C23H29N2+. The summed E-state index contributed by atoms with van der Waals surface area (Å²) in [7, 11) is 2.22. The van der Waals surface area contributed by atoms with E-state index in [-0.39, 0.29) is 0 Å². The van der Waals surface area contributed by atoms with Gasteiger partial charge in [0.05, 0.1) is 19.2 Å². The van der Waals surface area contributed by atoms with Crippen LogP contribution in [-0.2, 0) is 20.0 Å². The molecular weight excluding hydrogens is 304 g/mol. The van der Waals surface area contributed by atoms with E-state index in [0.29, 0.717) is 11.8 Å². The summed E-state index contributed by atoms with van der Waals surface area (Å²) in [6.45, 7) is 12.5. The Kier molecular flexibility index (Phi) is 3.75. The fraction of sp³-hybridized carbons (Fsp3) is 0.435. The number of rotatable bonds is 3. The minimum atomic E-state index is 0.572. The molecule has 1 aliphatic heterocycles. The van der Waals surface area contributed by atoms with E-state index in [4.69, 9.17) is 0 Å². The summed E-state index contributed by atoms with van der Waals surface area (Å²) in [6, 6.07) is 11.6. The smallest absolute Gasteiger partial charge is 0.226 e. The highest BCUT2D eigenvalue weighted by molar-refractivity contribution is 5.82. The van der Waals surface area contributed by atoms with E-state index in [0.717, 1.165) is 13.0 Å². The molecule has 25 heavy (non-hydrogen) atoms. The summed E-state index contributed by atoms with van der Waals surface area (Å²) in [5.41, 5.74) is 10.0. The summed E-state index contributed by atoms with van der Waals surface area (Å²) in [5, 5.41) is 0. The van der Waals surface area contributed by atoms with Crippen molar-refractivity contribution in [3.63, 3.8) is 0 Å². The lowest BCUT2D eigenvalue weighted by molar-refractivity contribution is -0.653. The third-order valence-corrected chi connectivity index (χ3v) is 5.87. The van der Waals surface area contributed by atoms with Crippen LogP contribution < -0.4 is 4.57 Å². The molecule has 2 heterocycles. The molecule has 2 nitrogen and oxygen atoms in total. The largest absolute Gasteiger partial charge is 0.289 e. The van der Waals surface area contributed by atoms with E-state index >= 15 is 0 Å². The number of hydrogen-bond donors (Lipinski definition) is 0. The Bertz CT molecular complexity index is 974. The van der Waals surface area contributed by atoms with Crippen LogP contribution in [0, 0.1) is 6.92 Å². The van der Waals surface area contributed by atoms with E-state index in [9.17, 15) is 0 Å². The Morgan fingerprint density at radius 3 is 2.40 bits per heavy atom. The second-order valence-corrected chi connectivity index (χ2v) is 8.17. The average molecular weight is 333 g/mol. The molecule has 0 fully saturated rings. The minimum Gasteiger partial charge on any atom is -0.226 e. The van der Waals surface area contributed by atoms with Crippen LogP contribution in [-0.4, -0.2) is 4.57 Å². The van der Waals surface area contributed by atoms with Gasteiger partial charge < -0.3 is 0 Å². The van der Waals surface area contributed by atoms with E-state index in [1.165, 1.54) is 39.1 Å². The van der Waals surface area contributed by atoms with Gasteiger partial charge in [0.25, 0.3) is 5.82 Å². The minimum absolute atomic E-state index is 0.572. The molecule has 1 aromatic heterocycles. The molecule has 3 aromatic rings. The van der Waals surface area contributed by atoms with Crippen LogP contribution in [0.4, 0.5) is 0 Å². The predicted molar refractivity (Wildman–Crippen MR) is 105 cm³/mol. The van der Waals surface area contributed by atoms with Crippen LogP contribution in [0.15, 0.2) is 30.3 Å². The zero-order chi connectivity index (χ0) is 17.9. The fourth-order valence-electron chi connectivity index (χ4n) is 4.48. The highest BCUT2D eigenvalue weighted by Crippen LogP contribution is 2.34. The lowest BCUT2D eigenvalue weighted by atomic mass is 9.95. The van der Waals surface area contributed by atoms with Gasteiger partial charge in [-0.25, -0.2) is 9.13 Å². The molecule has 130 valence electrons. The van der Waals surface area contributed by atoms with Crippen LogP contribution in [0.1, 0.15) is 61.8 Å². The van der Waals surface area contributed by atoms with Crippen LogP contribution >= 0.6 is 0 Å². The first-order valence-corrected chi connectivity index (χ1v) is 9.55. The molecule has 0 radical (unpaired) electrons. The predicted octanol–water partition coefficient (Wildman–Crippen LogP) is 5.24. The number of imidazole rings is 1. The van der Waals surface area contributed by atoms with Gasteiger partial charge in [0.15, 0.2) is 11.0 Å². The van der Waals surface area contributed by atoms with Crippen molar-refractivity contribution in [3.8, 4) is 11.4 Å². The first kappa shape index (κ1) is 16.4. The topological polar surface area (TPSA) is 8.81 Å². The monoisotopic (exact) mass is 333 g/mol. The Hall–Kier alpha value is -2.09. The third-order valence-electron chi connectivity index (χ3n) is 5.87. The summed E-state index contributed by atoms with van der Waals surface area (Å²) >= 11 is 0. The summed E-state index contributed by atoms with van der Waals surface area (Å²) in [6.07, 6.45) is 1.16. The van der Waals surface area contributed by atoms with Crippen molar-refractivity contribution in [2.24, 2.45) is 7.05 Å². The van der Waals surface area contributed by atoms with Gasteiger partial charge in [-0.15, -0.1) is 0 Å². The van der Waals surface area contributed by atoms with E-state index in [1.807, 2.05) is 0 Å². The second kappa shape index (κ2) is 5.72. The zero-order valence-corrected chi connectivity index (χ0v) is 16.4. The van der Waals surface area contributed by atoms with E-state index in [2.05, 4.69) is 81.1 Å². The number of aromatic nitrogens is 2. The molecule has 0 N–H and O–H groups in total. The number of aryl methyl sites for hydroxylation is 4. The van der Waals surface area contributed by atoms with Crippen molar-refractivity contribution in [2.75, 3.05) is 0 Å². The molecule has 4 rings (SSSR count). The van der Waals surface area contributed by atoms with Gasteiger partial charge in [-0.2, -0.15) is 0 Å². The van der Waals surface area contributed by atoms with Gasteiger partial charge >= 0.3 is 0 Å². The van der Waals surface area contributed by atoms with Crippen LogP contribution in [0.5, 0.6) is 0 Å². The maximum atomic E-state index is 2.55. The summed E-state index contributed by atoms with van der Waals surface area (Å²) in [4.78, 5) is 0. The lowest BCUT2D eigenvalue weighted by Gasteiger charge is -2.10. The SMILES string of the molecule is Cc1cc(C(C)C)ccc1-c1n(C)c2ccc(C(C)C)c3c2[n+]1CC3. The van der Waals surface area contributed by atoms with Gasteiger partial charge in [-0.3, -0.25) is 0 Å². The van der Waals surface area contributed by atoms with Crippen LogP contribution in [0.2, 0.25) is 0 Å². The highest BCUT2D eigenvalue weighted by atomic mass is 15.2. The fourth-order valence-corrected chi connectivity index (χ4v) is 4.48. The number of hydrogen-bond acceptors (Lipinski definition) is 0. The molecule has 0 saturated heterocycles. The first-order chi connectivity index (χ1) is 11.9. The molecule has 0 unspecified atom stereocenters. The van der Waals surface area contributed by atoms with Gasteiger partial charge in [0.1, 0.15) is 0 Å². The summed E-state index contributed by atoms with van der Waals surface area (Å²) < 4.78 is 4.94. The highest BCUT2D eigenvalue weighted by Gasteiger charge is 2.33. The molecule has 0 bridgehead atoms. The molecule has 0 saturated carbocycles. The van der Waals surface area contributed by atoms with E-state index < -0.39 is 0 Å². The van der Waals surface area contributed by atoms with Crippen molar-refractivity contribution >= 4 is 11.0 Å². The molecule has 0 amide bonds. The van der Waals surface area contributed by atoms with Crippen molar-refractivity contribution < 1.29 is 4.57 Å². The standard InChI is InChI=1S/C23H29N2/c1-14(2)17-7-8-19(16(5)13-17)23-24(6)21-10-9-18(15(3)4)20-11-12-25(23)22(20)21/h7-10,13-15H,11-12H2,1-6H3/q+1. The van der Waals surface area contributed by atoms with Gasteiger partial charge in [0, 0.05) is 12.0 Å². The Morgan fingerprint density at radius 1 is 1.00 bits per heavy atom. The average Bonchev–Trinajstić information content (AvgIpc) is 3.11. The lowest BCUT2D eigenvalue weighted by Crippen LogP contribution is -2.33. The summed E-state index contributed by atoms with van der Waals surface area (Å²) in [5.74, 6) is 2.51. The van der Waals surface area contributed by atoms with Crippen molar-refractivity contribution in [3.05, 3.63) is 52.6 Å². The maximum Gasteiger partial charge on any atom is 0.289 e. The van der Waals surface area contributed by atoms with E-state index in [1.54, 1.807) is 5.56 Å². The third kappa shape index (κ3) is 2.34. The molecule has 1 aliphatic rings. The molecule has 2 aromatic carbocycles. The van der Waals surface area contributed by atoms with Crippen LogP contribution in [0.3, 0.4) is 0 Å². The first-order valence-electron chi connectivity index (χ1n) is 9.55. The van der Waals surface area contributed by atoms with Crippen molar-refractivity contribution in [1.29, 1.82) is 0 Å². The maximum absolute atomic E-state index is 2.55. The van der Waals surface area contributed by atoms with Gasteiger partial charge in [-0.1, -0.05) is 45.9 Å². The zero-order valence-electron chi connectivity index (χ0n) is 16.4. The Morgan fingerprint density at radius 2 is 1.76 bits per heavy atom. The Balaban J connectivity index is 1.98. The quantitative estimate of drug-likeness (QED) is 0.579. The van der Waals surface area contributed by atoms with Gasteiger partial charge in [-0.05, 0) is 47.6 Å². The van der Waals surface area contributed by atoms with Crippen LogP contribution in [0.25, 0.3) is 22.4 Å². The van der Waals surface area contributed by atoms with Crippen molar-refractivity contribution in [2.45, 2.75) is 59.4 Å². The van der Waals surface area contributed by atoms with Crippen molar-refractivity contribution in [1.82, 2.24) is 4.57 Å². The number of benzene rings is 2. The second-order valence-electron chi connectivity index (χ2n) is 8.17. The molecule has 0 aliphatic carbocycles.